The molecule has 0 radical (unpaired) electrons. The summed E-state index contributed by atoms with van der Waals surface area (Å²) in [6, 6.07) is 8.67. The van der Waals surface area contributed by atoms with Gasteiger partial charge >= 0.3 is 5.97 Å². The summed E-state index contributed by atoms with van der Waals surface area (Å²) in [5.41, 5.74) is 2.15. The number of hydrogen-bond donors (Lipinski definition) is 1. The molecule has 0 bridgehead atoms. The lowest BCUT2D eigenvalue weighted by molar-refractivity contribution is -0.140. The summed E-state index contributed by atoms with van der Waals surface area (Å²) in [5, 5.41) is 3.78. The second kappa shape index (κ2) is 9.78. The molecule has 2 aromatic rings. The molecule has 1 aromatic carbocycles. The Labute approximate surface area is 164 Å². The molecule has 27 heavy (non-hydrogen) atoms. The van der Waals surface area contributed by atoms with Crippen LogP contribution in [0.15, 0.2) is 29.4 Å². The van der Waals surface area contributed by atoms with Crippen LogP contribution in [0.5, 0.6) is 0 Å². The Balaban J connectivity index is 1.60. The predicted octanol–water partition coefficient (Wildman–Crippen LogP) is 3.70. The Morgan fingerprint density at radius 3 is 2.81 bits per heavy atom. The van der Waals surface area contributed by atoms with Crippen molar-refractivity contribution in [3.8, 4) is 0 Å². The number of nitrogens with one attached hydrogen (secondary N) is 1. The van der Waals surface area contributed by atoms with E-state index in [4.69, 9.17) is 4.98 Å². The number of rotatable bonds is 8. The van der Waals surface area contributed by atoms with Crippen LogP contribution in [0, 0.1) is 0 Å². The van der Waals surface area contributed by atoms with Gasteiger partial charge in [0, 0.05) is 19.0 Å². The first-order valence-electron chi connectivity index (χ1n) is 9.62. The van der Waals surface area contributed by atoms with Crippen LogP contribution in [-0.2, 0) is 14.3 Å². The van der Waals surface area contributed by atoms with Crippen molar-refractivity contribution in [3.05, 3.63) is 24.3 Å². The van der Waals surface area contributed by atoms with Crippen LogP contribution in [-0.4, -0.2) is 40.8 Å². The van der Waals surface area contributed by atoms with Crippen LogP contribution < -0.4 is 5.32 Å². The van der Waals surface area contributed by atoms with Crippen LogP contribution in [0.3, 0.4) is 0 Å². The Kier molecular flexibility index (Phi) is 7.15. The summed E-state index contributed by atoms with van der Waals surface area (Å²) >= 11 is 1.49. The van der Waals surface area contributed by atoms with E-state index < -0.39 is 0 Å². The first-order chi connectivity index (χ1) is 13.2. The number of carbonyl (C=O) groups is 2. The van der Waals surface area contributed by atoms with Gasteiger partial charge in [0.2, 0.25) is 5.91 Å². The summed E-state index contributed by atoms with van der Waals surface area (Å²) in [5.74, 6) is 0.0424. The molecule has 1 aliphatic carbocycles. The van der Waals surface area contributed by atoms with Crippen molar-refractivity contribution < 1.29 is 14.3 Å². The number of thioether (sulfide) groups is 1. The minimum atomic E-state index is -0.250. The normalized spacial score (nSPS) is 15.0. The lowest BCUT2D eigenvalue weighted by Crippen LogP contribution is -2.26. The molecule has 1 saturated carbocycles. The van der Waals surface area contributed by atoms with Gasteiger partial charge in [-0.05, 0) is 31.4 Å². The average molecular weight is 390 g/mol. The fraction of sp³-hybridized carbons (Fsp3) is 0.550. The smallest absolute Gasteiger partial charge is 0.305 e. The molecule has 1 amide bonds. The van der Waals surface area contributed by atoms with E-state index in [2.05, 4.69) is 20.7 Å². The molecule has 3 rings (SSSR count). The minimum Gasteiger partial charge on any atom is -0.469 e. The number of hydrogen-bond acceptors (Lipinski definition) is 5. The quantitative estimate of drug-likeness (QED) is 0.423. The van der Waals surface area contributed by atoms with E-state index in [9.17, 15) is 9.59 Å². The van der Waals surface area contributed by atoms with Gasteiger partial charge in [0.05, 0.1) is 23.9 Å². The maximum Gasteiger partial charge on any atom is 0.305 e. The standard InChI is InChI=1S/C20H27N3O3S/c1-26-19(25)12-7-13-21-18(24)14-27-20-22-16-10-5-6-11-17(16)23(20)15-8-3-2-4-9-15/h5-6,10-11,15H,2-4,7-9,12-14H2,1H3,(H,21,24). The van der Waals surface area contributed by atoms with Crippen molar-refractivity contribution >= 4 is 34.7 Å². The lowest BCUT2D eigenvalue weighted by Gasteiger charge is -2.25. The lowest BCUT2D eigenvalue weighted by atomic mass is 9.95. The Hall–Kier alpha value is -2.02. The van der Waals surface area contributed by atoms with E-state index in [1.54, 1.807) is 0 Å². The van der Waals surface area contributed by atoms with Gasteiger partial charge in [0.1, 0.15) is 0 Å². The van der Waals surface area contributed by atoms with Gasteiger partial charge in [-0.2, -0.15) is 0 Å². The van der Waals surface area contributed by atoms with Gasteiger partial charge < -0.3 is 14.6 Å². The van der Waals surface area contributed by atoms with Crippen molar-refractivity contribution in [2.75, 3.05) is 19.4 Å². The van der Waals surface area contributed by atoms with Crippen molar-refractivity contribution in [3.63, 3.8) is 0 Å². The molecule has 1 fully saturated rings. The van der Waals surface area contributed by atoms with Crippen molar-refractivity contribution in [1.82, 2.24) is 14.9 Å². The molecular formula is C20H27N3O3S. The number of imidazole rings is 1. The fourth-order valence-electron chi connectivity index (χ4n) is 3.56. The van der Waals surface area contributed by atoms with Crippen LogP contribution in [0.2, 0.25) is 0 Å². The zero-order valence-electron chi connectivity index (χ0n) is 15.8. The molecular weight excluding hydrogens is 362 g/mol. The number of aromatic nitrogens is 2. The molecule has 1 heterocycles. The van der Waals surface area contributed by atoms with Crippen molar-refractivity contribution in [2.45, 2.75) is 56.1 Å². The Morgan fingerprint density at radius 2 is 2.04 bits per heavy atom. The van der Waals surface area contributed by atoms with E-state index >= 15 is 0 Å². The van der Waals surface area contributed by atoms with E-state index in [1.165, 1.54) is 51.0 Å². The largest absolute Gasteiger partial charge is 0.469 e. The molecule has 7 heteroatoms. The highest BCUT2D eigenvalue weighted by Crippen LogP contribution is 2.35. The average Bonchev–Trinajstić information content (AvgIpc) is 3.08. The summed E-state index contributed by atoms with van der Waals surface area (Å²) < 4.78 is 6.93. The van der Waals surface area contributed by atoms with Gasteiger partial charge in [0.25, 0.3) is 0 Å². The zero-order chi connectivity index (χ0) is 19.1. The van der Waals surface area contributed by atoms with Crippen molar-refractivity contribution in [1.29, 1.82) is 0 Å². The second-order valence-electron chi connectivity index (χ2n) is 6.86. The molecule has 0 saturated heterocycles. The van der Waals surface area contributed by atoms with Crippen LogP contribution in [0.4, 0.5) is 0 Å². The van der Waals surface area contributed by atoms with Crippen LogP contribution in [0.1, 0.15) is 51.0 Å². The Morgan fingerprint density at radius 1 is 1.26 bits per heavy atom. The fourth-order valence-corrected chi connectivity index (χ4v) is 4.47. The number of esters is 1. The molecule has 146 valence electrons. The number of methoxy groups -OCH3 is 1. The van der Waals surface area contributed by atoms with Gasteiger partial charge in [-0.3, -0.25) is 9.59 Å². The third-order valence-corrected chi connectivity index (χ3v) is 5.90. The highest BCUT2D eigenvalue weighted by atomic mass is 32.2. The van der Waals surface area contributed by atoms with E-state index in [0.29, 0.717) is 31.2 Å². The number of carbonyl (C=O) groups excluding carboxylic acids is 2. The number of amides is 1. The third kappa shape index (κ3) is 5.25. The third-order valence-electron chi connectivity index (χ3n) is 4.94. The topological polar surface area (TPSA) is 73.2 Å². The van der Waals surface area contributed by atoms with Gasteiger partial charge in [0.15, 0.2) is 5.16 Å². The number of benzene rings is 1. The maximum atomic E-state index is 12.1. The molecule has 1 N–H and O–H groups in total. The molecule has 0 spiro atoms. The Bertz CT molecular complexity index is 784. The zero-order valence-corrected chi connectivity index (χ0v) is 16.6. The summed E-state index contributed by atoms with van der Waals surface area (Å²) in [4.78, 5) is 28.0. The first-order valence-corrected chi connectivity index (χ1v) is 10.6. The SMILES string of the molecule is COC(=O)CCCNC(=O)CSc1nc2ccccc2n1C1CCCCC1. The molecule has 6 nitrogen and oxygen atoms in total. The van der Waals surface area contributed by atoms with Crippen molar-refractivity contribution in [2.24, 2.45) is 0 Å². The van der Waals surface area contributed by atoms with Gasteiger partial charge in [-0.1, -0.05) is 43.2 Å². The molecule has 0 atom stereocenters. The highest BCUT2D eigenvalue weighted by molar-refractivity contribution is 7.99. The molecule has 0 unspecified atom stereocenters. The number of ether oxygens (including phenoxy) is 1. The van der Waals surface area contributed by atoms with Gasteiger partial charge in [-0.25, -0.2) is 4.98 Å². The number of nitrogens with zero attached hydrogens (tertiary/aromatic N) is 2. The van der Waals surface area contributed by atoms with E-state index in [1.807, 2.05) is 18.2 Å². The van der Waals surface area contributed by atoms with Crippen LogP contribution >= 0.6 is 11.8 Å². The second-order valence-corrected chi connectivity index (χ2v) is 7.81. The minimum absolute atomic E-state index is 0.0351. The van der Waals surface area contributed by atoms with Crippen LogP contribution in [0.25, 0.3) is 11.0 Å². The summed E-state index contributed by atoms with van der Waals surface area (Å²) in [6.07, 6.45) is 7.07. The molecule has 1 aromatic heterocycles. The van der Waals surface area contributed by atoms with E-state index in [0.717, 1.165) is 16.2 Å². The highest BCUT2D eigenvalue weighted by Gasteiger charge is 2.22. The maximum absolute atomic E-state index is 12.1. The predicted molar refractivity (Wildman–Crippen MR) is 107 cm³/mol. The number of para-hydroxylation sites is 2. The molecule has 1 aliphatic rings. The monoisotopic (exact) mass is 389 g/mol. The first kappa shape index (κ1) is 19.7. The summed E-state index contributed by atoms with van der Waals surface area (Å²) in [7, 11) is 1.37. The van der Waals surface area contributed by atoms with E-state index in [-0.39, 0.29) is 11.9 Å². The van der Waals surface area contributed by atoms with Gasteiger partial charge in [-0.15, -0.1) is 0 Å². The molecule has 0 aliphatic heterocycles. The summed E-state index contributed by atoms with van der Waals surface area (Å²) in [6.45, 7) is 0.480. The number of fused-ring (bicyclic) bond motifs is 1.